The van der Waals surface area contributed by atoms with Gasteiger partial charge in [-0.25, -0.2) is 4.79 Å². The molecule has 40 heavy (non-hydrogen) atoms. The van der Waals surface area contributed by atoms with Gasteiger partial charge in [-0.15, -0.1) is 0 Å². The van der Waals surface area contributed by atoms with E-state index in [9.17, 15) is 14.7 Å². The van der Waals surface area contributed by atoms with Gasteiger partial charge in [-0.2, -0.15) is 0 Å². The normalized spacial score (nSPS) is 15.7. The molecule has 2 aliphatic heterocycles. The van der Waals surface area contributed by atoms with Gasteiger partial charge in [-0.3, -0.25) is 9.78 Å². The van der Waals surface area contributed by atoms with Crippen LogP contribution in [0.2, 0.25) is 0 Å². The Morgan fingerprint density at radius 1 is 0.950 bits per heavy atom. The van der Waals surface area contributed by atoms with Gasteiger partial charge in [-0.05, 0) is 59.9 Å². The topological polar surface area (TPSA) is 97.1 Å². The highest BCUT2D eigenvalue weighted by atomic mass is 16.6. The number of aromatic nitrogens is 2. The summed E-state index contributed by atoms with van der Waals surface area (Å²) < 4.78 is 13.1. The van der Waals surface area contributed by atoms with E-state index in [1.807, 2.05) is 53.1 Å². The first-order chi connectivity index (χ1) is 19.6. The van der Waals surface area contributed by atoms with Crippen molar-refractivity contribution in [2.24, 2.45) is 0 Å². The van der Waals surface area contributed by atoms with Crippen molar-refractivity contribution < 1.29 is 19.4 Å². The monoisotopic (exact) mass is 540 g/mol. The van der Waals surface area contributed by atoms with E-state index in [1.54, 1.807) is 23.4 Å². The standard InChI is InChI=1S/C31H32N4O5/c36-30-20-26(23-7-11-32-12-8-23)25-3-1-2-4-27(25)34(30)16-15-33-13-9-24(10-14-33)35(31(37)38)21-22-5-6-28-29(19-22)40-18-17-39-28/h1-8,11-12,19-20,24H,9-10,13-18,21H2,(H,37,38). The predicted molar refractivity (Wildman–Crippen MR) is 152 cm³/mol. The smallest absolute Gasteiger partial charge is 0.407 e. The Balaban J connectivity index is 1.11. The first-order valence-corrected chi connectivity index (χ1v) is 13.7. The van der Waals surface area contributed by atoms with E-state index in [0.717, 1.165) is 60.1 Å². The Labute approximate surface area is 232 Å². The van der Waals surface area contributed by atoms with Crippen molar-refractivity contribution in [2.45, 2.75) is 32.0 Å². The molecule has 2 aliphatic rings. The first-order valence-electron chi connectivity index (χ1n) is 13.7. The van der Waals surface area contributed by atoms with Crippen molar-refractivity contribution in [1.82, 2.24) is 19.4 Å². The highest BCUT2D eigenvalue weighted by Gasteiger charge is 2.28. The number of likely N-dealkylation sites (tertiary alicyclic amines) is 1. The van der Waals surface area contributed by atoms with Crippen molar-refractivity contribution in [3.05, 3.63) is 89.0 Å². The summed E-state index contributed by atoms with van der Waals surface area (Å²) in [6.07, 6.45) is 4.05. The fourth-order valence-electron chi connectivity index (χ4n) is 5.77. The van der Waals surface area contributed by atoms with Crippen LogP contribution in [0.1, 0.15) is 18.4 Å². The fourth-order valence-corrected chi connectivity index (χ4v) is 5.77. The highest BCUT2D eigenvalue weighted by molar-refractivity contribution is 5.94. The van der Waals surface area contributed by atoms with Gasteiger partial charge in [0.15, 0.2) is 11.5 Å². The van der Waals surface area contributed by atoms with Crippen LogP contribution >= 0.6 is 0 Å². The van der Waals surface area contributed by atoms with E-state index < -0.39 is 6.09 Å². The van der Waals surface area contributed by atoms with Crippen molar-refractivity contribution in [3.8, 4) is 22.6 Å². The lowest BCUT2D eigenvalue weighted by Crippen LogP contribution is -2.47. The second kappa shape index (κ2) is 11.4. The number of piperidine rings is 1. The molecule has 0 saturated carbocycles. The van der Waals surface area contributed by atoms with Gasteiger partial charge in [0.25, 0.3) is 5.56 Å². The average molecular weight is 541 g/mol. The van der Waals surface area contributed by atoms with E-state index in [-0.39, 0.29) is 11.6 Å². The molecule has 9 nitrogen and oxygen atoms in total. The van der Waals surface area contributed by atoms with Crippen molar-refractivity contribution in [2.75, 3.05) is 32.8 Å². The molecule has 0 aliphatic carbocycles. The summed E-state index contributed by atoms with van der Waals surface area (Å²) in [6.45, 7) is 4.17. The van der Waals surface area contributed by atoms with Crippen molar-refractivity contribution in [1.29, 1.82) is 0 Å². The van der Waals surface area contributed by atoms with Gasteiger partial charge >= 0.3 is 6.09 Å². The number of fused-ring (bicyclic) bond motifs is 2. The summed E-state index contributed by atoms with van der Waals surface area (Å²) in [5, 5.41) is 11.0. The molecule has 1 N–H and O–H groups in total. The molecule has 4 heterocycles. The zero-order chi connectivity index (χ0) is 27.5. The van der Waals surface area contributed by atoms with Crippen LogP contribution in [-0.2, 0) is 13.1 Å². The van der Waals surface area contributed by atoms with E-state index in [0.29, 0.717) is 37.8 Å². The molecule has 4 aromatic rings. The summed E-state index contributed by atoms with van der Waals surface area (Å²) in [6, 6.07) is 19.1. The summed E-state index contributed by atoms with van der Waals surface area (Å²) in [5.41, 5.74) is 3.64. The molecule has 206 valence electrons. The number of pyridine rings is 2. The molecule has 0 spiro atoms. The Hall–Kier alpha value is -4.37. The zero-order valence-electron chi connectivity index (χ0n) is 22.2. The van der Waals surface area contributed by atoms with Gasteiger partial charge < -0.3 is 28.9 Å². The van der Waals surface area contributed by atoms with Crippen LogP contribution in [0.15, 0.2) is 77.9 Å². The van der Waals surface area contributed by atoms with Gasteiger partial charge in [0.1, 0.15) is 13.2 Å². The zero-order valence-corrected chi connectivity index (χ0v) is 22.2. The van der Waals surface area contributed by atoms with Crippen LogP contribution in [0.4, 0.5) is 4.79 Å². The van der Waals surface area contributed by atoms with Gasteiger partial charge in [0.2, 0.25) is 0 Å². The molecule has 0 atom stereocenters. The third-order valence-corrected chi connectivity index (χ3v) is 7.85. The van der Waals surface area contributed by atoms with Gasteiger partial charge in [0.05, 0.1) is 5.52 Å². The predicted octanol–water partition coefficient (Wildman–Crippen LogP) is 4.48. The summed E-state index contributed by atoms with van der Waals surface area (Å²) >= 11 is 0. The number of benzene rings is 2. The number of carbonyl (C=O) groups is 1. The maximum absolute atomic E-state index is 13.2. The quantitative estimate of drug-likeness (QED) is 0.369. The van der Waals surface area contributed by atoms with E-state index in [2.05, 4.69) is 16.0 Å². The number of hydrogen-bond donors (Lipinski definition) is 1. The lowest BCUT2D eigenvalue weighted by Gasteiger charge is -2.37. The van der Waals surface area contributed by atoms with E-state index >= 15 is 0 Å². The van der Waals surface area contributed by atoms with Gasteiger partial charge in [-0.1, -0.05) is 24.3 Å². The molecule has 6 rings (SSSR count). The van der Waals surface area contributed by atoms with Crippen LogP contribution in [0, 0.1) is 0 Å². The number of ether oxygens (including phenoxy) is 2. The fraction of sp³-hybridized carbons (Fsp3) is 0.323. The molecule has 1 fully saturated rings. The van der Waals surface area contributed by atoms with Crippen LogP contribution in [0.3, 0.4) is 0 Å². The van der Waals surface area contributed by atoms with Crippen molar-refractivity contribution >= 4 is 17.0 Å². The number of carboxylic acid groups (broad SMARTS) is 1. The molecule has 2 aromatic carbocycles. The second-order valence-electron chi connectivity index (χ2n) is 10.3. The Morgan fingerprint density at radius 3 is 2.48 bits per heavy atom. The summed E-state index contributed by atoms with van der Waals surface area (Å²) in [4.78, 5) is 33.4. The average Bonchev–Trinajstić information content (AvgIpc) is 2.99. The number of hydrogen-bond acceptors (Lipinski definition) is 6. The molecular weight excluding hydrogens is 508 g/mol. The summed E-state index contributed by atoms with van der Waals surface area (Å²) in [5.74, 6) is 1.37. The number of rotatable bonds is 7. The third-order valence-electron chi connectivity index (χ3n) is 7.85. The molecule has 1 amide bonds. The maximum atomic E-state index is 13.2. The second-order valence-corrected chi connectivity index (χ2v) is 10.3. The molecule has 2 aromatic heterocycles. The molecule has 0 unspecified atom stereocenters. The Morgan fingerprint density at radius 2 is 1.70 bits per heavy atom. The van der Waals surface area contributed by atoms with E-state index in [4.69, 9.17) is 9.47 Å². The molecule has 0 bridgehead atoms. The van der Waals surface area contributed by atoms with Gasteiger partial charge in [0, 0.05) is 62.6 Å². The molecule has 0 radical (unpaired) electrons. The Bertz CT molecular complexity index is 1560. The van der Waals surface area contributed by atoms with Crippen molar-refractivity contribution in [3.63, 3.8) is 0 Å². The number of para-hydroxylation sites is 1. The minimum absolute atomic E-state index is 0.0307. The number of nitrogens with zero attached hydrogens (tertiary/aromatic N) is 4. The van der Waals surface area contributed by atoms with Crippen LogP contribution in [-0.4, -0.2) is 69.4 Å². The third kappa shape index (κ3) is 5.37. The number of amides is 1. The molecule has 9 heteroatoms. The Kier molecular flexibility index (Phi) is 7.37. The minimum Gasteiger partial charge on any atom is -0.486 e. The molecular formula is C31H32N4O5. The highest BCUT2D eigenvalue weighted by Crippen LogP contribution is 2.32. The van der Waals surface area contributed by atoms with Crippen LogP contribution in [0.5, 0.6) is 11.5 Å². The molecule has 1 saturated heterocycles. The summed E-state index contributed by atoms with van der Waals surface area (Å²) in [7, 11) is 0. The van der Waals surface area contributed by atoms with Crippen LogP contribution in [0.25, 0.3) is 22.0 Å². The maximum Gasteiger partial charge on any atom is 0.407 e. The minimum atomic E-state index is -0.916. The SMILES string of the molecule is O=C(O)N(Cc1ccc2c(c1)OCCO2)C1CCN(CCn2c(=O)cc(-c3ccncc3)c3ccccc32)CC1. The lowest BCUT2D eigenvalue weighted by molar-refractivity contribution is 0.0856. The van der Waals surface area contributed by atoms with Crippen LogP contribution < -0.4 is 15.0 Å². The largest absolute Gasteiger partial charge is 0.486 e. The van der Waals surface area contributed by atoms with E-state index in [1.165, 1.54) is 0 Å². The first kappa shape index (κ1) is 25.9. The lowest BCUT2D eigenvalue weighted by atomic mass is 10.0.